The summed E-state index contributed by atoms with van der Waals surface area (Å²) < 4.78 is 189. The molecule has 0 aliphatic heterocycles. The van der Waals surface area contributed by atoms with Crippen molar-refractivity contribution in [2.75, 3.05) is 0 Å². The van der Waals surface area contributed by atoms with Gasteiger partial charge < -0.3 is 5.11 Å². The minimum Gasteiger partial charge on any atom is -0.872 e. The van der Waals surface area contributed by atoms with Gasteiger partial charge in [0.05, 0.1) is 12.1 Å². The molecule has 0 spiro atoms. The number of hydrogen-bond donors (Lipinski definition) is 0. The van der Waals surface area contributed by atoms with Crippen molar-refractivity contribution in [1.29, 1.82) is 0 Å². The van der Waals surface area contributed by atoms with Crippen LogP contribution in [0.25, 0.3) is 10.6 Å². The molecule has 0 N–H and O–H groups in total. The SMILES string of the molecule is [C-]#[N+]c1c(Cl)cc(/C([O-])=C/C(=O)C2(C(F)(F)F)C(F)(F)C(F)(F)C(F)(F)C2(F)F)cc1C(F)(F)F. The smallest absolute Gasteiger partial charge is 0.414 e. The number of carbonyl (C=O) groups is 1. The molecule has 0 atom stereocenters. The topological polar surface area (TPSA) is 44.5 Å². The second-order valence-electron chi connectivity index (χ2n) is 6.88. The molecule has 3 nitrogen and oxygen atoms in total. The maximum Gasteiger partial charge on any atom is 0.414 e. The molecule has 1 saturated carbocycles. The zero-order valence-electron chi connectivity index (χ0n) is 15.7. The number of ketones is 1. The summed E-state index contributed by atoms with van der Waals surface area (Å²) in [6.07, 6.45) is -14.5. The summed E-state index contributed by atoms with van der Waals surface area (Å²) in [4.78, 5) is 14.3. The highest BCUT2D eigenvalue weighted by atomic mass is 35.5. The van der Waals surface area contributed by atoms with Gasteiger partial charge in [-0.1, -0.05) is 23.4 Å². The summed E-state index contributed by atoms with van der Waals surface area (Å²) in [7, 11) is 0. The Morgan fingerprint density at radius 2 is 1.31 bits per heavy atom. The second-order valence-corrected chi connectivity index (χ2v) is 7.29. The maximum atomic E-state index is 14.0. The molecular weight excluding hydrogens is 552 g/mol. The molecule has 0 heterocycles. The summed E-state index contributed by atoms with van der Waals surface area (Å²) in [5, 5.41) is 10.8. The molecule has 18 heteroatoms. The number of benzene rings is 1. The van der Waals surface area contributed by atoms with E-state index in [4.69, 9.17) is 18.2 Å². The molecule has 1 aromatic carbocycles. The van der Waals surface area contributed by atoms with Crippen LogP contribution in [0, 0.1) is 12.0 Å². The lowest BCUT2D eigenvalue weighted by atomic mass is 9.74. The Labute approximate surface area is 188 Å². The van der Waals surface area contributed by atoms with Crippen molar-refractivity contribution in [3.05, 3.63) is 45.8 Å². The average Bonchev–Trinajstić information content (AvgIpc) is 2.70. The summed E-state index contributed by atoms with van der Waals surface area (Å²) in [5.74, 6) is -36.6. The molecule has 194 valence electrons. The number of halogens is 15. The minimum atomic E-state index is -7.56. The monoisotopic (exact) mass is 554 g/mol. The highest BCUT2D eigenvalue weighted by Crippen LogP contribution is 2.75. The van der Waals surface area contributed by atoms with E-state index in [1.165, 1.54) is 0 Å². The molecule has 2 rings (SSSR count). The van der Waals surface area contributed by atoms with Gasteiger partial charge in [0, 0.05) is 5.02 Å². The van der Waals surface area contributed by atoms with Crippen LogP contribution in [0.15, 0.2) is 18.2 Å². The molecule has 1 aromatic rings. The molecule has 1 aliphatic carbocycles. The van der Waals surface area contributed by atoms with E-state index in [1.807, 2.05) is 0 Å². The van der Waals surface area contributed by atoms with Crippen molar-refractivity contribution in [3.8, 4) is 0 Å². The zero-order chi connectivity index (χ0) is 27.8. The van der Waals surface area contributed by atoms with Gasteiger partial charge in [-0.15, -0.1) is 0 Å². The fourth-order valence-corrected chi connectivity index (χ4v) is 3.51. The molecular formula is C17H3ClF14NO2-. The van der Waals surface area contributed by atoms with E-state index in [1.54, 1.807) is 0 Å². The van der Waals surface area contributed by atoms with Crippen molar-refractivity contribution in [2.24, 2.45) is 5.41 Å². The highest BCUT2D eigenvalue weighted by Gasteiger charge is 3.06. The van der Waals surface area contributed by atoms with Crippen LogP contribution in [-0.2, 0) is 11.0 Å². The summed E-state index contributed by atoms with van der Waals surface area (Å²) >= 11 is 5.33. The fourth-order valence-electron chi connectivity index (χ4n) is 3.25. The van der Waals surface area contributed by atoms with Crippen molar-refractivity contribution in [3.63, 3.8) is 0 Å². The molecule has 0 aromatic heterocycles. The standard InChI is InChI=1S/C17H4ClF14NO2/c1-33-10-6(12(19,20)21)2-5(3-7(10)18)8(34)4-9(35)11(17(30,31)32)13(22,23)15(26,27)16(28,29)14(11,24)25/h2-4,34H/p-1/b8-4-. The van der Waals surface area contributed by atoms with E-state index in [0.717, 1.165) is 0 Å². The Kier molecular flexibility index (Phi) is 6.19. The number of alkyl halides is 14. The summed E-state index contributed by atoms with van der Waals surface area (Å²) in [5.41, 5.74) is -12.3. The van der Waals surface area contributed by atoms with Crippen molar-refractivity contribution in [2.45, 2.75) is 36.0 Å². The van der Waals surface area contributed by atoms with Crippen LogP contribution < -0.4 is 5.11 Å². The van der Waals surface area contributed by atoms with Gasteiger partial charge in [-0.2, -0.15) is 61.5 Å². The van der Waals surface area contributed by atoms with Crippen LogP contribution in [0.2, 0.25) is 5.02 Å². The molecule has 1 fully saturated rings. The van der Waals surface area contributed by atoms with Gasteiger partial charge >= 0.3 is 36.0 Å². The lowest BCUT2D eigenvalue weighted by Gasteiger charge is -2.37. The van der Waals surface area contributed by atoms with Crippen LogP contribution in [0.3, 0.4) is 0 Å². The minimum absolute atomic E-state index is 0.0741. The van der Waals surface area contributed by atoms with Crippen LogP contribution >= 0.6 is 11.6 Å². The number of rotatable bonds is 3. The molecule has 1 aliphatic rings. The third-order valence-electron chi connectivity index (χ3n) is 4.95. The number of hydrogen-bond acceptors (Lipinski definition) is 2. The lowest BCUT2D eigenvalue weighted by molar-refractivity contribution is -0.341. The molecule has 35 heavy (non-hydrogen) atoms. The van der Waals surface area contributed by atoms with E-state index in [2.05, 4.69) is 4.85 Å². The summed E-state index contributed by atoms with van der Waals surface area (Å²) in [6, 6.07) is -0.273. The van der Waals surface area contributed by atoms with Crippen LogP contribution in [-0.4, -0.2) is 35.6 Å². The Balaban J connectivity index is 2.88. The Bertz CT molecular complexity index is 1120. The Morgan fingerprint density at radius 3 is 1.66 bits per heavy atom. The van der Waals surface area contributed by atoms with Crippen LogP contribution in [0.5, 0.6) is 0 Å². The van der Waals surface area contributed by atoms with Gasteiger partial charge in [-0.3, -0.25) is 4.79 Å². The van der Waals surface area contributed by atoms with Crippen LogP contribution in [0.4, 0.5) is 67.2 Å². The first kappa shape index (κ1) is 28.5. The normalized spacial score (nSPS) is 22.5. The van der Waals surface area contributed by atoms with E-state index in [-0.39, 0.29) is 12.1 Å². The van der Waals surface area contributed by atoms with Gasteiger partial charge in [-0.05, 0) is 17.7 Å². The molecule has 0 radical (unpaired) electrons. The van der Waals surface area contributed by atoms with Gasteiger partial charge in [-0.25, -0.2) is 4.85 Å². The van der Waals surface area contributed by atoms with E-state index >= 15 is 0 Å². The molecule has 0 saturated heterocycles. The molecule has 0 bridgehead atoms. The van der Waals surface area contributed by atoms with E-state index in [9.17, 15) is 71.4 Å². The van der Waals surface area contributed by atoms with Crippen molar-refractivity contribution in [1.82, 2.24) is 0 Å². The van der Waals surface area contributed by atoms with Gasteiger partial charge in [0.25, 0.3) is 5.41 Å². The predicted molar refractivity (Wildman–Crippen MR) is 84.0 cm³/mol. The fraction of sp³-hybridized carbons (Fsp3) is 0.412. The van der Waals surface area contributed by atoms with E-state index in [0.29, 0.717) is 0 Å². The third kappa shape index (κ3) is 3.35. The first-order valence-corrected chi connectivity index (χ1v) is 8.55. The predicted octanol–water partition coefficient (Wildman–Crippen LogP) is 6.28. The Hall–Kier alpha value is -2.77. The number of nitrogens with zero attached hydrogens (tertiary/aromatic N) is 1. The van der Waals surface area contributed by atoms with Gasteiger partial charge in [0.15, 0.2) is 5.78 Å². The quantitative estimate of drug-likeness (QED) is 0.191. The van der Waals surface area contributed by atoms with Crippen molar-refractivity contribution >= 4 is 28.8 Å². The first-order valence-electron chi connectivity index (χ1n) is 8.17. The van der Waals surface area contributed by atoms with Gasteiger partial charge in [0.1, 0.15) is 0 Å². The highest BCUT2D eigenvalue weighted by molar-refractivity contribution is 6.33. The zero-order valence-corrected chi connectivity index (χ0v) is 16.4. The first-order chi connectivity index (χ1) is 15.4. The van der Waals surface area contributed by atoms with Gasteiger partial charge in [0.2, 0.25) is 5.69 Å². The maximum absolute atomic E-state index is 14.0. The lowest BCUT2D eigenvalue weighted by Crippen LogP contribution is -2.64. The number of allylic oxidation sites excluding steroid dienone is 1. The average molecular weight is 555 g/mol. The third-order valence-corrected chi connectivity index (χ3v) is 5.24. The second kappa shape index (κ2) is 7.61. The number of carbonyl (C=O) groups excluding carboxylic acids is 1. The summed E-state index contributed by atoms with van der Waals surface area (Å²) in [6.45, 7) is 6.63. The molecule has 0 unspecified atom stereocenters. The molecule has 0 amide bonds. The van der Waals surface area contributed by atoms with Crippen molar-refractivity contribution < 1.29 is 71.4 Å². The Morgan fingerprint density at radius 1 is 0.886 bits per heavy atom. The largest absolute Gasteiger partial charge is 0.872 e. The van der Waals surface area contributed by atoms with E-state index < -0.39 is 80.9 Å². The van der Waals surface area contributed by atoms with Crippen LogP contribution in [0.1, 0.15) is 11.1 Å².